The highest BCUT2D eigenvalue weighted by Crippen LogP contribution is 2.33. The molecule has 0 aromatic rings. The van der Waals surface area contributed by atoms with Gasteiger partial charge in [-0.3, -0.25) is 0 Å². The first-order valence-electron chi connectivity index (χ1n) is 6.27. The first-order valence-corrected chi connectivity index (χ1v) is 6.27. The zero-order valence-electron chi connectivity index (χ0n) is 9.71. The van der Waals surface area contributed by atoms with Crippen molar-refractivity contribution in [1.29, 1.82) is 0 Å². The van der Waals surface area contributed by atoms with Gasteiger partial charge in [0.1, 0.15) is 0 Å². The summed E-state index contributed by atoms with van der Waals surface area (Å²) in [4.78, 5) is 0. The van der Waals surface area contributed by atoms with Crippen LogP contribution >= 0.6 is 0 Å². The summed E-state index contributed by atoms with van der Waals surface area (Å²) >= 11 is 0. The molecule has 0 saturated carbocycles. The molecule has 80 valence electrons. The molecule has 0 fully saturated rings. The topological polar surface area (TPSA) is 0 Å². The van der Waals surface area contributed by atoms with Gasteiger partial charge in [-0.15, -0.1) is 0 Å². The van der Waals surface area contributed by atoms with Gasteiger partial charge in [-0.1, -0.05) is 38.2 Å². The summed E-state index contributed by atoms with van der Waals surface area (Å²) < 4.78 is 0. The normalized spacial score (nSPS) is 30.7. The summed E-state index contributed by atoms with van der Waals surface area (Å²) in [7, 11) is 0. The molecule has 0 heterocycles. The minimum absolute atomic E-state index is 1.000. The average molecular weight is 192 g/mol. The standard InChI is InChI=1S/C12H18.C2H6/c1-3-7-11(8-4-1)12-9-5-2-6-10-12;1-2/h1-3,5,11-12H,4,6-10H2;1-2H3. The summed E-state index contributed by atoms with van der Waals surface area (Å²) in [6.45, 7) is 4.00. The number of rotatable bonds is 1. The maximum Gasteiger partial charge on any atom is -0.0319 e. The molecule has 14 heavy (non-hydrogen) atoms. The Morgan fingerprint density at radius 1 is 0.714 bits per heavy atom. The van der Waals surface area contributed by atoms with Gasteiger partial charge in [0, 0.05) is 0 Å². The van der Waals surface area contributed by atoms with Crippen molar-refractivity contribution < 1.29 is 0 Å². The van der Waals surface area contributed by atoms with Crippen molar-refractivity contribution in [1.82, 2.24) is 0 Å². The fraction of sp³-hybridized carbons (Fsp3) is 0.714. The van der Waals surface area contributed by atoms with Gasteiger partial charge in [0.05, 0.1) is 0 Å². The lowest BCUT2D eigenvalue weighted by molar-refractivity contribution is 0.288. The predicted molar refractivity (Wildman–Crippen MR) is 64.3 cm³/mol. The maximum absolute atomic E-state index is 2.38. The SMILES string of the molecule is C1=CCC(C2CC=CCC2)CC1.CC. The highest BCUT2D eigenvalue weighted by molar-refractivity contribution is 4.97. The molecule has 0 saturated heterocycles. The fourth-order valence-electron chi connectivity index (χ4n) is 2.49. The smallest absolute Gasteiger partial charge is 0.0319 e. The minimum atomic E-state index is 1.000. The van der Waals surface area contributed by atoms with Crippen LogP contribution in [0, 0.1) is 11.8 Å². The van der Waals surface area contributed by atoms with E-state index in [9.17, 15) is 0 Å². The summed E-state index contributed by atoms with van der Waals surface area (Å²) in [6.07, 6.45) is 17.7. The monoisotopic (exact) mass is 192 g/mol. The van der Waals surface area contributed by atoms with Crippen LogP contribution in [0.15, 0.2) is 24.3 Å². The highest BCUT2D eigenvalue weighted by Gasteiger charge is 2.21. The van der Waals surface area contributed by atoms with Gasteiger partial charge >= 0.3 is 0 Å². The number of hydrogen-bond donors (Lipinski definition) is 0. The molecule has 2 rings (SSSR count). The largest absolute Gasteiger partial charge is 0.0885 e. The summed E-state index contributed by atoms with van der Waals surface area (Å²) in [6, 6.07) is 0. The van der Waals surface area contributed by atoms with Crippen molar-refractivity contribution in [2.24, 2.45) is 11.8 Å². The molecule has 0 radical (unpaired) electrons. The van der Waals surface area contributed by atoms with Gasteiger partial charge in [-0.2, -0.15) is 0 Å². The van der Waals surface area contributed by atoms with Crippen LogP contribution in [0.5, 0.6) is 0 Å². The van der Waals surface area contributed by atoms with E-state index >= 15 is 0 Å². The lowest BCUT2D eigenvalue weighted by atomic mass is 9.77. The van der Waals surface area contributed by atoms with Crippen molar-refractivity contribution >= 4 is 0 Å². The van der Waals surface area contributed by atoms with Gasteiger partial charge < -0.3 is 0 Å². The van der Waals surface area contributed by atoms with Crippen molar-refractivity contribution in [2.45, 2.75) is 52.4 Å². The fourth-order valence-corrected chi connectivity index (χ4v) is 2.49. The molecule has 0 spiro atoms. The van der Waals surface area contributed by atoms with Crippen LogP contribution in [0.3, 0.4) is 0 Å². The quantitative estimate of drug-likeness (QED) is 0.527. The zero-order valence-corrected chi connectivity index (χ0v) is 9.71. The lowest BCUT2D eigenvalue weighted by Gasteiger charge is -2.28. The average Bonchev–Trinajstić information content (AvgIpc) is 2.34. The molecule has 0 N–H and O–H groups in total. The number of hydrogen-bond acceptors (Lipinski definition) is 0. The first-order chi connectivity index (χ1) is 6.97. The highest BCUT2D eigenvalue weighted by atomic mass is 14.3. The Balaban J connectivity index is 0.000000461. The van der Waals surface area contributed by atoms with Crippen LogP contribution in [0.4, 0.5) is 0 Å². The molecule has 2 unspecified atom stereocenters. The van der Waals surface area contributed by atoms with E-state index in [2.05, 4.69) is 24.3 Å². The Morgan fingerprint density at radius 3 is 1.43 bits per heavy atom. The van der Waals surface area contributed by atoms with Gasteiger partial charge in [0.2, 0.25) is 0 Å². The Labute approximate surface area is 89.1 Å². The van der Waals surface area contributed by atoms with E-state index < -0.39 is 0 Å². The molecule has 2 aliphatic carbocycles. The van der Waals surface area contributed by atoms with Crippen LogP contribution in [0.1, 0.15) is 52.4 Å². The number of allylic oxidation sites excluding steroid dienone is 4. The van der Waals surface area contributed by atoms with Crippen LogP contribution in [-0.4, -0.2) is 0 Å². The predicted octanol–water partition coefficient (Wildman–Crippen LogP) is 4.73. The van der Waals surface area contributed by atoms with E-state index in [0.717, 1.165) is 11.8 Å². The van der Waals surface area contributed by atoms with Crippen molar-refractivity contribution in [3.8, 4) is 0 Å². The van der Waals surface area contributed by atoms with Crippen LogP contribution in [0.25, 0.3) is 0 Å². The van der Waals surface area contributed by atoms with Gasteiger partial charge in [-0.05, 0) is 50.4 Å². The van der Waals surface area contributed by atoms with Crippen molar-refractivity contribution in [3.63, 3.8) is 0 Å². The van der Waals surface area contributed by atoms with Gasteiger partial charge in [0.15, 0.2) is 0 Å². The molecule has 0 amide bonds. The third kappa shape index (κ3) is 3.32. The second-order valence-electron chi connectivity index (χ2n) is 4.09. The molecule has 0 aromatic heterocycles. The summed E-state index contributed by atoms with van der Waals surface area (Å²) in [5.41, 5.74) is 0. The third-order valence-corrected chi connectivity index (χ3v) is 3.29. The minimum Gasteiger partial charge on any atom is -0.0885 e. The molecule has 2 atom stereocenters. The Hall–Kier alpha value is -0.520. The van der Waals surface area contributed by atoms with E-state index in [1.165, 1.54) is 38.5 Å². The first kappa shape index (κ1) is 11.6. The van der Waals surface area contributed by atoms with E-state index in [1.54, 1.807) is 0 Å². The van der Waals surface area contributed by atoms with E-state index in [-0.39, 0.29) is 0 Å². The lowest BCUT2D eigenvalue weighted by Crippen LogP contribution is -2.16. The zero-order chi connectivity index (χ0) is 10.2. The molecule has 0 heteroatoms. The van der Waals surface area contributed by atoms with E-state index in [4.69, 9.17) is 0 Å². The van der Waals surface area contributed by atoms with Crippen LogP contribution in [-0.2, 0) is 0 Å². The molecule has 2 aliphatic rings. The maximum atomic E-state index is 2.38. The van der Waals surface area contributed by atoms with E-state index in [0.29, 0.717) is 0 Å². The van der Waals surface area contributed by atoms with Crippen molar-refractivity contribution in [2.75, 3.05) is 0 Å². The second kappa shape index (κ2) is 6.86. The van der Waals surface area contributed by atoms with Gasteiger partial charge in [0.25, 0.3) is 0 Å². The Kier molecular flexibility index (Phi) is 5.66. The van der Waals surface area contributed by atoms with Crippen LogP contribution in [0.2, 0.25) is 0 Å². The molecule has 0 aliphatic heterocycles. The molecule has 0 bridgehead atoms. The van der Waals surface area contributed by atoms with Gasteiger partial charge in [-0.25, -0.2) is 0 Å². The molecule has 0 nitrogen and oxygen atoms in total. The summed E-state index contributed by atoms with van der Waals surface area (Å²) in [5, 5.41) is 0. The third-order valence-electron chi connectivity index (χ3n) is 3.29. The van der Waals surface area contributed by atoms with Crippen LogP contribution < -0.4 is 0 Å². The molecular weight excluding hydrogens is 168 g/mol. The second-order valence-corrected chi connectivity index (χ2v) is 4.09. The molecular formula is C14H24. The van der Waals surface area contributed by atoms with E-state index in [1.807, 2.05) is 13.8 Å². The summed E-state index contributed by atoms with van der Waals surface area (Å²) in [5.74, 6) is 2.00. The van der Waals surface area contributed by atoms with Crippen molar-refractivity contribution in [3.05, 3.63) is 24.3 Å². The molecule has 0 aromatic carbocycles. The Morgan fingerprint density at radius 2 is 1.14 bits per heavy atom. The Bertz CT molecular complexity index is 166.